The molecule has 0 nitrogen and oxygen atoms in total. The lowest BCUT2D eigenvalue weighted by atomic mass is 9.84. The molecule has 0 aromatic heterocycles. The van der Waals surface area contributed by atoms with Crippen molar-refractivity contribution in [3.63, 3.8) is 0 Å². The van der Waals surface area contributed by atoms with Crippen molar-refractivity contribution in [1.82, 2.24) is 0 Å². The molecule has 0 bridgehead atoms. The minimum absolute atomic E-state index is 0.891. The standard InChI is InChI=1S/C51H34.C37H26/c1-2-12-34(13-3-1)30-35-22-29-47-49(31-35)50(45-20-10-11-21-46(45)51(47)41-28-23-36-14-4-5-15-39(36)32-41)38-26-24-37(25-27-38)48-33-40-16-6-7-17-42(40)43-18-8-9-19-44(43)48;1-25-18-23-34-35(24-25)37(31-17-9-13-28-12-5-6-14-30(28)31)33-16-8-7-15-32(33)36(34)29-21-19-27(20-22-29)26-10-3-2-4-11-26/h1-29,31-33H,30H2;2-24H,1H3. The lowest BCUT2D eigenvalue weighted by Gasteiger charge is -2.19. The van der Waals surface area contributed by atoms with E-state index in [2.05, 4.69) is 341 Å². The van der Waals surface area contributed by atoms with Gasteiger partial charge < -0.3 is 0 Å². The largest absolute Gasteiger partial charge is 0.0622 e. The molecule has 0 aliphatic rings. The van der Waals surface area contributed by atoms with Crippen LogP contribution in [0.4, 0.5) is 0 Å². The highest BCUT2D eigenvalue weighted by molar-refractivity contribution is 6.25. The van der Waals surface area contributed by atoms with Gasteiger partial charge in [-0.2, -0.15) is 0 Å². The molecule has 0 fully saturated rings. The van der Waals surface area contributed by atoms with Crippen molar-refractivity contribution in [3.8, 4) is 66.8 Å². The van der Waals surface area contributed by atoms with Gasteiger partial charge in [-0.25, -0.2) is 0 Å². The second-order valence-corrected chi connectivity index (χ2v) is 23.5. The molecule has 17 rings (SSSR count). The Labute approximate surface area is 513 Å². The molecule has 0 aliphatic carbocycles. The van der Waals surface area contributed by atoms with Gasteiger partial charge in [0.25, 0.3) is 0 Å². The van der Waals surface area contributed by atoms with Gasteiger partial charge in [-0.1, -0.05) is 327 Å². The first kappa shape index (κ1) is 52.4. The summed E-state index contributed by atoms with van der Waals surface area (Å²) in [6.07, 6.45) is 0.891. The highest BCUT2D eigenvalue weighted by Crippen LogP contribution is 2.48. The van der Waals surface area contributed by atoms with E-state index in [1.165, 1.54) is 170 Å². The SMILES string of the molecule is Cc1ccc2c(-c3ccc(-c4ccccc4)cc3)c3ccccc3c(-c3cccc4ccccc34)c2c1.c1ccc(Cc2ccc3c(-c4ccc5ccccc5c4)c4ccccc4c(-c4ccc(-c5cc6ccccc6c6ccccc56)cc4)c3c2)cc1. The predicted molar refractivity (Wildman–Crippen MR) is 380 cm³/mol. The number of hydrogen-bond donors (Lipinski definition) is 0. The first-order valence-electron chi connectivity index (χ1n) is 30.7. The third kappa shape index (κ3) is 9.44. The molecule has 0 spiro atoms. The van der Waals surface area contributed by atoms with Gasteiger partial charge in [-0.3, -0.25) is 0 Å². The lowest BCUT2D eigenvalue weighted by Crippen LogP contribution is -1.94. The molecule has 0 aliphatic heterocycles. The minimum atomic E-state index is 0.891. The highest BCUT2D eigenvalue weighted by Gasteiger charge is 2.21. The Hall–Kier alpha value is -11.2. The fourth-order valence-corrected chi connectivity index (χ4v) is 14.0. The molecule has 0 saturated heterocycles. The summed E-state index contributed by atoms with van der Waals surface area (Å²) in [4.78, 5) is 0. The maximum absolute atomic E-state index is 2.44. The quantitative estimate of drug-likeness (QED) is 0.105. The number of rotatable bonds is 8. The Morgan fingerprint density at radius 3 is 1.31 bits per heavy atom. The van der Waals surface area contributed by atoms with Crippen molar-refractivity contribution in [2.75, 3.05) is 0 Å². The molecule has 0 heteroatoms. The van der Waals surface area contributed by atoms with Gasteiger partial charge in [0.15, 0.2) is 0 Å². The van der Waals surface area contributed by atoms with E-state index < -0.39 is 0 Å². The van der Waals surface area contributed by atoms with Gasteiger partial charge in [0, 0.05) is 0 Å². The van der Waals surface area contributed by atoms with E-state index in [0.717, 1.165) is 6.42 Å². The molecule has 0 amide bonds. The van der Waals surface area contributed by atoms with E-state index in [-0.39, 0.29) is 0 Å². The van der Waals surface area contributed by atoms with Crippen molar-refractivity contribution < 1.29 is 0 Å². The second-order valence-electron chi connectivity index (χ2n) is 23.5. The molecular weight excluding hydrogens is 1060 g/mol. The zero-order chi connectivity index (χ0) is 58.5. The van der Waals surface area contributed by atoms with Crippen LogP contribution in [0.1, 0.15) is 16.7 Å². The van der Waals surface area contributed by atoms with Crippen LogP contribution in [0.15, 0.2) is 334 Å². The number of aryl methyl sites for hydroxylation is 1. The van der Waals surface area contributed by atoms with Crippen LogP contribution in [0.25, 0.3) is 153 Å². The zero-order valence-corrected chi connectivity index (χ0v) is 49.0. The summed E-state index contributed by atoms with van der Waals surface area (Å²) in [5.74, 6) is 0. The van der Waals surface area contributed by atoms with Crippen LogP contribution in [-0.4, -0.2) is 0 Å². The number of hydrogen-bond acceptors (Lipinski definition) is 0. The molecular formula is C88H60. The maximum atomic E-state index is 2.44. The Morgan fingerprint density at radius 1 is 0.182 bits per heavy atom. The molecule has 0 saturated carbocycles. The van der Waals surface area contributed by atoms with Gasteiger partial charge in [-0.15, -0.1) is 0 Å². The smallest absolute Gasteiger partial charge is 0.00200 e. The molecule has 0 N–H and O–H groups in total. The molecule has 17 aromatic carbocycles. The molecule has 0 unspecified atom stereocenters. The summed E-state index contributed by atoms with van der Waals surface area (Å²) >= 11 is 0. The monoisotopic (exact) mass is 1120 g/mol. The minimum Gasteiger partial charge on any atom is -0.0622 e. The molecule has 0 radical (unpaired) electrons. The van der Waals surface area contributed by atoms with Crippen LogP contribution >= 0.6 is 0 Å². The van der Waals surface area contributed by atoms with Gasteiger partial charge in [0.05, 0.1) is 0 Å². The Kier molecular flexibility index (Phi) is 13.3. The van der Waals surface area contributed by atoms with Gasteiger partial charge in [0.1, 0.15) is 0 Å². The van der Waals surface area contributed by atoms with E-state index in [0.29, 0.717) is 0 Å². The third-order valence-electron chi connectivity index (χ3n) is 18.1. The van der Waals surface area contributed by atoms with E-state index >= 15 is 0 Å². The average Bonchev–Trinajstić information content (AvgIpc) is 1.16. The van der Waals surface area contributed by atoms with Crippen LogP contribution in [0.5, 0.6) is 0 Å². The maximum Gasteiger partial charge on any atom is -0.00200 e. The van der Waals surface area contributed by atoms with Crippen LogP contribution < -0.4 is 0 Å². The summed E-state index contributed by atoms with van der Waals surface area (Å²) in [5, 5.41) is 20.5. The average molecular weight is 1120 g/mol. The van der Waals surface area contributed by atoms with Gasteiger partial charge in [0.2, 0.25) is 0 Å². The fourth-order valence-electron chi connectivity index (χ4n) is 14.0. The third-order valence-corrected chi connectivity index (χ3v) is 18.1. The van der Waals surface area contributed by atoms with Crippen molar-refractivity contribution in [3.05, 3.63) is 350 Å². The summed E-state index contributed by atoms with van der Waals surface area (Å²) < 4.78 is 0. The predicted octanol–water partition coefficient (Wildman–Crippen LogP) is 24.5. The Morgan fingerprint density at radius 2 is 0.625 bits per heavy atom. The normalized spacial score (nSPS) is 11.5. The second kappa shape index (κ2) is 22.3. The summed E-state index contributed by atoms with van der Waals surface area (Å²) in [5.41, 5.74) is 19.1. The number of fused-ring (bicyclic) bond motifs is 9. The molecule has 0 heterocycles. The van der Waals surface area contributed by atoms with E-state index in [4.69, 9.17) is 0 Å². The van der Waals surface area contributed by atoms with Gasteiger partial charge in [-0.05, 0) is 190 Å². The molecule has 88 heavy (non-hydrogen) atoms. The van der Waals surface area contributed by atoms with Crippen molar-refractivity contribution in [2.24, 2.45) is 0 Å². The van der Waals surface area contributed by atoms with E-state index in [1.807, 2.05) is 0 Å². The summed E-state index contributed by atoms with van der Waals surface area (Å²) in [6, 6.07) is 123. The summed E-state index contributed by atoms with van der Waals surface area (Å²) in [6.45, 7) is 2.19. The van der Waals surface area contributed by atoms with E-state index in [9.17, 15) is 0 Å². The molecule has 412 valence electrons. The van der Waals surface area contributed by atoms with Crippen molar-refractivity contribution in [1.29, 1.82) is 0 Å². The van der Waals surface area contributed by atoms with E-state index in [1.54, 1.807) is 0 Å². The topological polar surface area (TPSA) is 0 Å². The van der Waals surface area contributed by atoms with Crippen molar-refractivity contribution in [2.45, 2.75) is 13.3 Å². The summed E-state index contributed by atoms with van der Waals surface area (Å²) in [7, 11) is 0. The van der Waals surface area contributed by atoms with Gasteiger partial charge >= 0.3 is 0 Å². The first-order chi connectivity index (χ1) is 43.6. The highest BCUT2D eigenvalue weighted by atomic mass is 14.2. The Balaban J connectivity index is 0.000000149. The van der Waals surface area contributed by atoms with Crippen LogP contribution in [-0.2, 0) is 6.42 Å². The molecule has 0 atom stereocenters. The lowest BCUT2D eigenvalue weighted by molar-refractivity contribution is 1.20. The van der Waals surface area contributed by atoms with Crippen LogP contribution in [0.3, 0.4) is 0 Å². The Bertz CT molecular complexity index is 5500. The first-order valence-corrected chi connectivity index (χ1v) is 30.7. The molecule has 17 aromatic rings. The van der Waals surface area contributed by atoms with Crippen LogP contribution in [0.2, 0.25) is 0 Å². The fraction of sp³-hybridized carbons (Fsp3) is 0.0227. The van der Waals surface area contributed by atoms with Crippen molar-refractivity contribution >= 4 is 86.2 Å². The van der Waals surface area contributed by atoms with Crippen LogP contribution in [0, 0.1) is 6.92 Å². The number of benzene rings is 17. The zero-order valence-electron chi connectivity index (χ0n) is 49.0.